The molecule has 164 valence electrons. The van der Waals surface area contributed by atoms with E-state index in [9.17, 15) is 9.90 Å². The molecule has 1 N–H and O–H groups in total. The normalized spacial score (nSPS) is 12.6. The van der Waals surface area contributed by atoms with Crippen molar-refractivity contribution in [3.05, 3.63) is 65.2 Å². The Balaban J connectivity index is 2.45. The lowest BCUT2D eigenvalue weighted by Gasteiger charge is -2.32. The van der Waals surface area contributed by atoms with Gasteiger partial charge in [0.15, 0.2) is 0 Å². The van der Waals surface area contributed by atoms with Crippen molar-refractivity contribution in [2.45, 2.75) is 78.5 Å². The van der Waals surface area contributed by atoms with Gasteiger partial charge >= 0.3 is 5.97 Å². The van der Waals surface area contributed by atoms with Crippen LogP contribution in [0.15, 0.2) is 48.5 Å². The molecule has 0 fully saturated rings. The van der Waals surface area contributed by atoms with Crippen LogP contribution in [0.1, 0.15) is 76.5 Å². The fraction of sp³-hybridized carbons (Fsp3) is 0.500. The van der Waals surface area contributed by atoms with Crippen molar-refractivity contribution in [2.75, 3.05) is 6.54 Å². The van der Waals surface area contributed by atoms with Crippen LogP contribution in [0.25, 0.3) is 0 Å². The van der Waals surface area contributed by atoms with Crippen LogP contribution in [0.3, 0.4) is 0 Å². The zero-order chi connectivity index (χ0) is 22.1. The van der Waals surface area contributed by atoms with Gasteiger partial charge in [-0.3, -0.25) is 9.69 Å². The highest BCUT2D eigenvalue weighted by Gasteiger charge is 2.23. The molecule has 0 saturated carbocycles. The summed E-state index contributed by atoms with van der Waals surface area (Å²) in [5.41, 5.74) is 2.98. The zero-order valence-corrected chi connectivity index (χ0v) is 19.1. The van der Waals surface area contributed by atoms with Crippen molar-refractivity contribution >= 4 is 5.97 Å². The van der Waals surface area contributed by atoms with Gasteiger partial charge < -0.3 is 9.84 Å². The maximum Gasteiger partial charge on any atom is 0.311 e. The number of hydrogen-bond acceptors (Lipinski definition) is 4. The van der Waals surface area contributed by atoms with Gasteiger partial charge in [-0.15, -0.1) is 0 Å². The maximum atomic E-state index is 12.2. The summed E-state index contributed by atoms with van der Waals surface area (Å²) in [5.74, 6) is 0.454. The van der Waals surface area contributed by atoms with Crippen molar-refractivity contribution < 1.29 is 14.6 Å². The minimum absolute atomic E-state index is 0.0399. The number of nitrogens with zero attached hydrogens (tertiary/aromatic N) is 1. The Kier molecular flexibility index (Phi) is 9.54. The van der Waals surface area contributed by atoms with Gasteiger partial charge in [0.2, 0.25) is 0 Å². The predicted molar refractivity (Wildman–Crippen MR) is 123 cm³/mol. The molecule has 4 nitrogen and oxygen atoms in total. The number of esters is 1. The van der Waals surface area contributed by atoms with Crippen molar-refractivity contribution in [2.24, 2.45) is 0 Å². The van der Waals surface area contributed by atoms with Gasteiger partial charge in [0.05, 0.1) is 6.61 Å². The monoisotopic (exact) mass is 411 g/mol. The Labute approximate surface area is 181 Å². The van der Waals surface area contributed by atoms with Crippen LogP contribution in [0, 0.1) is 0 Å². The first kappa shape index (κ1) is 24.1. The van der Waals surface area contributed by atoms with Gasteiger partial charge in [-0.2, -0.15) is 0 Å². The van der Waals surface area contributed by atoms with Crippen molar-refractivity contribution in [3.8, 4) is 5.75 Å². The summed E-state index contributed by atoms with van der Waals surface area (Å²) in [6, 6.07) is 16.9. The smallest absolute Gasteiger partial charge is 0.311 e. The molecule has 4 heteroatoms. The van der Waals surface area contributed by atoms with Gasteiger partial charge in [-0.05, 0) is 70.3 Å². The topological polar surface area (TPSA) is 49.8 Å². The van der Waals surface area contributed by atoms with E-state index in [1.54, 1.807) is 0 Å². The predicted octanol–water partition coefficient (Wildman–Crippen LogP) is 5.53. The second-order valence-electron chi connectivity index (χ2n) is 8.43. The number of carbonyl (C=O) groups excluding carboxylic acids is 1. The average Bonchev–Trinajstić information content (AvgIpc) is 2.72. The van der Waals surface area contributed by atoms with Crippen LogP contribution in [0.2, 0.25) is 0 Å². The van der Waals surface area contributed by atoms with Crippen LogP contribution in [0.4, 0.5) is 0 Å². The Hall–Kier alpha value is -2.17. The summed E-state index contributed by atoms with van der Waals surface area (Å²) < 4.78 is 5.76. The third-order valence-corrected chi connectivity index (χ3v) is 5.51. The first-order chi connectivity index (χ1) is 14.4. The highest BCUT2D eigenvalue weighted by Crippen LogP contribution is 2.36. The molecule has 0 aliphatic heterocycles. The van der Waals surface area contributed by atoms with Gasteiger partial charge in [0, 0.05) is 30.0 Å². The van der Waals surface area contributed by atoms with E-state index in [1.807, 2.05) is 43.3 Å². The zero-order valence-electron chi connectivity index (χ0n) is 19.1. The molecule has 0 unspecified atom stereocenters. The highest BCUT2D eigenvalue weighted by atomic mass is 16.5. The number of ether oxygens (including phenoxy) is 1. The highest BCUT2D eigenvalue weighted by molar-refractivity contribution is 5.73. The van der Waals surface area contributed by atoms with Crippen LogP contribution in [0.5, 0.6) is 5.75 Å². The molecule has 30 heavy (non-hydrogen) atoms. The van der Waals surface area contributed by atoms with Crippen LogP contribution >= 0.6 is 0 Å². The Morgan fingerprint density at radius 2 is 1.70 bits per heavy atom. The summed E-state index contributed by atoms with van der Waals surface area (Å²) in [4.78, 5) is 14.7. The molecule has 0 saturated heterocycles. The van der Waals surface area contributed by atoms with Crippen LogP contribution < -0.4 is 4.74 Å². The number of benzene rings is 2. The molecule has 0 aromatic heterocycles. The molecule has 2 rings (SSSR count). The fourth-order valence-corrected chi connectivity index (χ4v) is 4.02. The third-order valence-electron chi connectivity index (χ3n) is 5.51. The molecular weight excluding hydrogens is 374 g/mol. The fourth-order valence-electron chi connectivity index (χ4n) is 4.02. The van der Waals surface area contributed by atoms with E-state index in [1.165, 1.54) is 5.56 Å². The Morgan fingerprint density at radius 3 is 2.27 bits per heavy atom. The summed E-state index contributed by atoms with van der Waals surface area (Å²) in [6.45, 7) is 11.8. The summed E-state index contributed by atoms with van der Waals surface area (Å²) in [5, 5.41) is 9.72. The molecule has 0 radical (unpaired) electrons. The SMILES string of the molecule is CCCC(=O)Oc1ccc(CO)cc1[C@@H](CCN(C(C)C)C(C)C)c1ccccc1. The first-order valence-electron chi connectivity index (χ1n) is 11.1. The van der Waals surface area contributed by atoms with Gasteiger partial charge in [-0.1, -0.05) is 43.3 Å². The molecular formula is C26H37NO3. The minimum atomic E-state index is -0.215. The van der Waals surface area contributed by atoms with Gasteiger partial charge in [0.1, 0.15) is 5.75 Å². The van der Waals surface area contributed by atoms with Crippen molar-refractivity contribution in [1.29, 1.82) is 0 Å². The lowest BCUT2D eigenvalue weighted by Crippen LogP contribution is -2.38. The lowest BCUT2D eigenvalue weighted by molar-refractivity contribution is -0.134. The number of aliphatic hydroxyl groups excluding tert-OH is 1. The van der Waals surface area contributed by atoms with E-state index < -0.39 is 0 Å². The van der Waals surface area contributed by atoms with E-state index in [4.69, 9.17) is 4.74 Å². The molecule has 1 atom stereocenters. The third kappa shape index (κ3) is 6.68. The van der Waals surface area contributed by atoms with Crippen molar-refractivity contribution in [1.82, 2.24) is 4.90 Å². The van der Waals surface area contributed by atoms with E-state index in [2.05, 4.69) is 44.7 Å². The van der Waals surface area contributed by atoms with E-state index in [0.717, 1.165) is 30.5 Å². The van der Waals surface area contributed by atoms with Gasteiger partial charge in [0.25, 0.3) is 0 Å². The number of hydrogen-bond donors (Lipinski definition) is 1. The number of rotatable bonds is 11. The quantitative estimate of drug-likeness (QED) is 0.390. The minimum Gasteiger partial charge on any atom is -0.426 e. The Morgan fingerprint density at radius 1 is 1.03 bits per heavy atom. The van der Waals surface area contributed by atoms with E-state index in [-0.39, 0.29) is 18.5 Å². The largest absolute Gasteiger partial charge is 0.426 e. The molecule has 0 bridgehead atoms. The molecule has 0 aliphatic rings. The Bertz CT molecular complexity index is 778. The maximum absolute atomic E-state index is 12.2. The van der Waals surface area contributed by atoms with Gasteiger partial charge in [-0.25, -0.2) is 0 Å². The molecule has 2 aromatic carbocycles. The second-order valence-corrected chi connectivity index (χ2v) is 8.43. The van der Waals surface area contributed by atoms with Crippen molar-refractivity contribution in [3.63, 3.8) is 0 Å². The first-order valence-corrected chi connectivity index (χ1v) is 11.1. The molecule has 2 aromatic rings. The molecule has 0 aliphatic carbocycles. The summed E-state index contributed by atoms with van der Waals surface area (Å²) >= 11 is 0. The van der Waals surface area contributed by atoms with Crippen LogP contribution in [-0.2, 0) is 11.4 Å². The second kappa shape index (κ2) is 11.9. The molecule has 0 amide bonds. The molecule has 0 spiro atoms. The van der Waals surface area contributed by atoms with Crippen LogP contribution in [-0.4, -0.2) is 34.6 Å². The standard InChI is InChI=1S/C26H37NO3/c1-6-10-26(29)30-25-14-13-21(18-28)17-24(25)23(22-11-8-7-9-12-22)15-16-27(19(2)3)20(4)5/h7-9,11-14,17,19-20,23,28H,6,10,15-16,18H2,1-5H3/t23-/m0/s1. The summed E-state index contributed by atoms with van der Waals surface area (Å²) in [7, 11) is 0. The lowest BCUT2D eigenvalue weighted by atomic mass is 9.86. The number of aliphatic hydroxyl groups is 1. The average molecular weight is 412 g/mol. The summed E-state index contributed by atoms with van der Waals surface area (Å²) in [6.07, 6.45) is 2.04. The van der Waals surface area contributed by atoms with E-state index in [0.29, 0.717) is 24.3 Å². The van der Waals surface area contributed by atoms with E-state index >= 15 is 0 Å². The number of carbonyl (C=O) groups is 1. The molecule has 0 heterocycles.